The molecule has 0 aliphatic rings. The number of aliphatic carboxylic acids is 1. The fourth-order valence-electron chi connectivity index (χ4n) is 2.06. The number of thioether (sulfide) groups is 1. The second kappa shape index (κ2) is 5.01. The van der Waals surface area contributed by atoms with E-state index in [4.69, 9.17) is 0 Å². The third-order valence-electron chi connectivity index (χ3n) is 2.98. The molecule has 0 spiro atoms. The van der Waals surface area contributed by atoms with E-state index in [1.807, 2.05) is 37.5 Å². The van der Waals surface area contributed by atoms with Crippen LogP contribution in [0.5, 0.6) is 0 Å². The van der Waals surface area contributed by atoms with Gasteiger partial charge < -0.3 is 19.5 Å². The molecule has 0 unspecified atom stereocenters. The number of carbonyl (C=O) groups excluding carboxylic acids is 1. The molecule has 3 rings (SSSR count). The maximum Gasteiger partial charge on any atom is 0.191 e. The lowest BCUT2D eigenvalue weighted by molar-refractivity contribution is -0.301. The van der Waals surface area contributed by atoms with Crippen LogP contribution < -0.4 is 5.11 Å². The molecular formula is C13H11N4O2S-. The Morgan fingerprint density at radius 2 is 2.20 bits per heavy atom. The highest BCUT2D eigenvalue weighted by molar-refractivity contribution is 7.99. The van der Waals surface area contributed by atoms with Gasteiger partial charge >= 0.3 is 0 Å². The first-order valence-corrected chi connectivity index (χ1v) is 6.94. The van der Waals surface area contributed by atoms with Crippen molar-refractivity contribution >= 4 is 28.6 Å². The summed E-state index contributed by atoms with van der Waals surface area (Å²) >= 11 is 1.10. The molecule has 7 heteroatoms. The number of para-hydroxylation sites is 1. The average Bonchev–Trinajstić information content (AvgIpc) is 3.00. The normalized spacial score (nSPS) is 11.1. The van der Waals surface area contributed by atoms with Gasteiger partial charge in [-0.25, -0.2) is 0 Å². The number of carbonyl (C=O) groups is 1. The van der Waals surface area contributed by atoms with E-state index in [1.165, 1.54) is 0 Å². The third kappa shape index (κ3) is 2.16. The number of fused-ring (bicyclic) bond motifs is 1. The molecule has 2 aromatic heterocycles. The summed E-state index contributed by atoms with van der Waals surface area (Å²) in [5.74, 6) is -0.560. The zero-order valence-corrected chi connectivity index (χ0v) is 11.5. The molecule has 0 radical (unpaired) electrons. The predicted molar refractivity (Wildman–Crippen MR) is 74.0 cm³/mol. The minimum absolute atomic E-state index is 0.139. The molecular weight excluding hydrogens is 276 g/mol. The maximum atomic E-state index is 10.5. The summed E-state index contributed by atoms with van der Waals surface area (Å²) in [4.78, 5) is 13.7. The smallest absolute Gasteiger partial charge is 0.191 e. The third-order valence-corrected chi connectivity index (χ3v) is 3.98. The fraction of sp³-hybridized carbons (Fsp3) is 0.154. The molecule has 0 amide bonds. The highest BCUT2D eigenvalue weighted by Crippen LogP contribution is 2.28. The quantitative estimate of drug-likeness (QED) is 0.717. The van der Waals surface area contributed by atoms with E-state index in [1.54, 1.807) is 4.57 Å². The van der Waals surface area contributed by atoms with Crippen LogP contribution in [-0.4, -0.2) is 31.5 Å². The van der Waals surface area contributed by atoms with Gasteiger partial charge in [0.15, 0.2) is 11.0 Å². The van der Waals surface area contributed by atoms with Gasteiger partial charge in [-0.05, 0) is 6.07 Å². The van der Waals surface area contributed by atoms with Crippen LogP contribution in [0.1, 0.15) is 0 Å². The van der Waals surface area contributed by atoms with Crippen LogP contribution in [0, 0.1) is 0 Å². The molecule has 1 aromatic carbocycles. The van der Waals surface area contributed by atoms with Crippen LogP contribution in [0.3, 0.4) is 0 Å². The van der Waals surface area contributed by atoms with Crippen molar-refractivity contribution in [1.82, 2.24) is 19.7 Å². The number of H-pyrrole nitrogens is 1. The van der Waals surface area contributed by atoms with Gasteiger partial charge in [-0.15, -0.1) is 10.2 Å². The SMILES string of the molecule is Cn1c(SCC(=O)[O-])nnc1-c1c[nH]c2ccccc12. The summed E-state index contributed by atoms with van der Waals surface area (Å²) in [5, 5.41) is 20.3. The number of rotatable bonds is 4. The molecule has 0 aliphatic carbocycles. The number of benzene rings is 1. The summed E-state index contributed by atoms with van der Waals surface area (Å²) in [6, 6.07) is 7.91. The number of hydrogen-bond donors (Lipinski definition) is 1. The van der Waals surface area contributed by atoms with E-state index in [0.29, 0.717) is 11.0 Å². The Labute approximate surface area is 118 Å². The van der Waals surface area contributed by atoms with Crippen LogP contribution in [0.15, 0.2) is 35.6 Å². The Morgan fingerprint density at radius 3 is 3.00 bits per heavy atom. The largest absolute Gasteiger partial charge is 0.549 e. The van der Waals surface area contributed by atoms with Crippen molar-refractivity contribution in [2.24, 2.45) is 7.05 Å². The Balaban J connectivity index is 2.00. The van der Waals surface area contributed by atoms with Crippen LogP contribution in [0.4, 0.5) is 0 Å². The van der Waals surface area contributed by atoms with Gasteiger partial charge in [-0.1, -0.05) is 30.0 Å². The molecule has 2 heterocycles. The molecule has 1 N–H and O–H groups in total. The van der Waals surface area contributed by atoms with E-state index in [2.05, 4.69) is 15.2 Å². The highest BCUT2D eigenvalue weighted by atomic mass is 32.2. The Kier molecular flexibility index (Phi) is 3.19. The number of carboxylic acid groups (broad SMARTS) is 1. The topological polar surface area (TPSA) is 86.6 Å². The van der Waals surface area contributed by atoms with Gasteiger partial charge in [0.05, 0.1) is 5.97 Å². The van der Waals surface area contributed by atoms with Crippen molar-refractivity contribution in [1.29, 1.82) is 0 Å². The highest BCUT2D eigenvalue weighted by Gasteiger charge is 2.14. The Morgan fingerprint density at radius 1 is 1.40 bits per heavy atom. The molecule has 0 aliphatic heterocycles. The lowest BCUT2D eigenvalue weighted by atomic mass is 10.1. The number of hydrogen-bond acceptors (Lipinski definition) is 5. The van der Waals surface area contributed by atoms with Gasteiger partial charge in [-0.2, -0.15) is 0 Å². The molecule has 102 valence electrons. The van der Waals surface area contributed by atoms with Crippen LogP contribution in [0.2, 0.25) is 0 Å². The van der Waals surface area contributed by atoms with Crippen LogP contribution >= 0.6 is 11.8 Å². The summed E-state index contributed by atoms with van der Waals surface area (Å²) in [6.45, 7) is 0. The second-order valence-corrected chi connectivity index (χ2v) is 5.22. The number of aromatic nitrogens is 4. The lowest BCUT2D eigenvalue weighted by Crippen LogP contribution is -2.24. The predicted octanol–water partition coefficient (Wildman–Crippen LogP) is 0.805. The number of aromatic amines is 1. The number of carboxylic acids is 1. The van der Waals surface area contributed by atoms with Crippen molar-refractivity contribution in [3.63, 3.8) is 0 Å². The standard InChI is InChI=1S/C13H12N4O2S/c1-17-12(15-16-13(17)20-7-11(18)19)9-6-14-10-5-3-2-4-8(9)10/h2-6,14H,7H2,1H3,(H,18,19)/p-1. The first-order chi connectivity index (χ1) is 9.66. The average molecular weight is 287 g/mol. The molecule has 3 aromatic rings. The van der Waals surface area contributed by atoms with E-state index < -0.39 is 5.97 Å². The summed E-state index contributed by atoms with van der Waals surface area (Å²) in [5.41, 5.74) is 1.96. The van der Waals surface area contributed by atoms with E-state index >= 15 is 0 Å². The summed E-state index contributed by atoms with van der Waals surface area (Å²) in [6.07, 6.45) is 1.88. The first-order valence-electron chi connectivity index (χ1n) is 5.95. The van der Waals surface area contributed by atoms with Crippen molar-refractivity contribution in [2.45, 2.75) is 5.16 Å². The van der Waals surface area contributed by atoms with E-state index in [-0.39, 0.29) is 5.75 Å². The summed E-state index contributed by atoms with van der Waals surface area (Å²) in [7, 11) is 1.81. The van der Waals surface area contributed by atoms with E-state index in [9.17, 15) is 9.90 Å². The number of nitrogens with one attached hydrogen (secondary N) is 1. The molecule has 0 saturated carbocycles. The minimum Gasteiger partial charge on any atom is -0.549 e. The van der Waals surface area contributed by atoms with E-state index in [0.717, 1.165) is 28.2 Å². The van der Waals surface area contributed by atoms with Crippen molar-refractivity contribution in [3.05, 3.63) is 30.5 Å². The van der Waals surface area contributed by atoms with Gasteiger partial charge in [0.1, 0.15) is 0 Å². The Hall–Kier alpha value is -2.28. The van der Waals surface area contributed by atoms with Gasteiger partial charge in [0.2, 0.25) is 0 Å². The van der Waals surface area contributed by atoms with Crippen molar-refractivity contribution in [2.75, 3.05) is 5.75 Å². The fourth-order valence-corrected chi connectivity index (χ4v) is 2.68. The molecule has 0 saturated heterocycles. The number of nitrogens with zero attached hydrogens (tertiary/aromatic N) is 3. The molecule has 6 nitrogen and oxygen atoms in total. The zero-order chi connectivity index (χ0) is 14.1. The lowest BCUT2D eigenvalue weighted by Gasteiger charge is -2.03. The van der Waals surface area contributed by atoms with Gasteiger partial charge in [0, 0.05) is 35.5 Å². The second-order valence-electron chi connectivity index (χ2n) is 4.27. The van der Waals surface area contributed by atoms with Crippen molar-refractivity contribution < 1.29 is 9.90 Å². The molecule has 0 fully saturated rings. The molecule has 20 heavy (non-hydrogen) atoms. The van der Waals surface area contributed by atoms with Gasteiger partial charge in [0.25, 0.3) is 0 Å². The van der Waals surface area contributed by atoms with Crippen molar-refractivity contribution in [3.8, 4) is 11.4 Å². The zero-order valence-electron chi connectivity index (χ0n) is 10.7. The molecule has 0 bridgehead atoms. The van der Waals surface area contributed by atoms with Gasteiger partial charge in [-0.3, -0.25) is 0 Å². The minimum atomic E-state index is -1.12. The maximum absolute atomic E-state index is 10.5. The monoisotopic (exact) mass is 287 g/mol. The molecule has 0 atom stereocenters. The van der Waals surface area contributed by atoms with Crippen LogP contribution in [0.25, 0.3) is 22.3 Å². The first kappa shape index (κ1) is 12.7. The van der Waals surface area contributed by atoms with Crippen LogP contribution in [-0.2, 0) is 11.8 Å². The summed E-state index contributed by atoms with van der Waals surface area (Å²) < 4.78 is 1.78. The Bertz CT molecular complexity index is 778.